The molecule has 0 atom stereocenters. The van der Waals surface area contributed by atoms with Crippen LogP contribution in [-0.4, -0.2) is 23.0 Å². The summed E-state index contributed by atoms with van der Waals surface area (Å²) in [5.74, 6) is -1.34. The zero-order valence-electron chi connectivity index (χ0n) is 15.4. The van der Waals surface area contributed by atoms with E-state index in [2.05, 4.69) is 15.8 Å². The summed E-state index contributed by atoms with van der Waals surface area (Å²) in [5, 5.41) is 17.2. The van der Waals surface area contributed by atoms with Crippen molar-refractivity contribution >= 4 is 29.4 Å². The number of benzene rings is 3. The second kappa shape index (κ2) is 9.20. The highest BCUT2D eigenvalue weighted by molar-refractivity contribution is 6.04. The van der Waals surface area contributed by atoms with Gasteiger partial charge in [0.2, 0.25) is 0 Å². The van der Waals surface area contributed by atoms with Gasteiger partial charge in [0, 0.05) is 34.5 Å². The van der Waals surface area contributed by atoms with Crippen molar-refractivity contribution in [3.63, 3.8) is 0 Å². The van der Waals surface area contributed by atoms with Gasteiger partial charge in [-0.1, -0.05) is 12.1 Å². The maximum atomic E-state index is 12.9. The third kappa shape index (κ3) is 5.32. The zero-order chi connectivity index (χ0) is 21.5. The number of hydrogen-bond acceptors (Lipinski definition) is 5. The number of carbonyl (C=O) groups is 2. The molecule has 0 spiro atoms. The van der Waals surface area contributed by atoms with E-state index in [0.29, 0.717) is 22.4 Å². The molecule has 0 aliphatic rings. The van der Waals surface area contributed by atoms with Crippen LogP contribution in [0.5, 0.6) is 0 Å². The van der Waals surface area contributed by atoms with Crippen molar-refractivity contribution in [3.05, 3.63) is 105 Å². The van der Waals surface area contributed by atoms with Gasteiger partial charge >= 0.3 is 0 Å². The maximum Gasteiger partial charge on any atom is 0.271 e. The lowest BCUT2D eigenvalue weighted by atomic mass is 10.1. The summed E-state index contributed by atoms with van der Waals surface area (Å²) >= 11 is 0. The standard InChI is InChI=1S/C21H15FN4O4/c22-17-8-4-15(5-9-17)20(27)24-18-10-6-16(7-11-18)21(28)25-23-13-14-2-1-3-19(12-14)26(29)30/h1-13H,(H,24,27)(H,25,28). The third-order valence-corrected chi connectivity index (χ3v) is 3.97. The number of anilines is 1. The maximum absolute atomic E-state index is 12.9. The average molecular weight is 406 g/mol. The van der Waals surface area contributed by atoms with Crippen LogP contribution >= 0.6 is 0 Å². The number of carbonyl (C=O) groups excluding carboxylic acids is 2. The van der Waals surface area contributed by atoms with Crippen molar-refractivity contribution in [1.82, 2.24) is 5.43 Å². The van der Waals surface area contributed by atoms with Gasteiger partial charge in [-0.05, 0) is 48.5 Å². The molecule has 2 N–H and O–H groups in total. The molecule has 8 nitrogen and oxygen atoms in total. The van der Waals surface area contributed by atoms with Crippen LogP contribution in [-0.2, 0) is 0 Å². The van der Waals surface area contributed by atoms with E-state index in [4.69, 9.17) is 0 Å². The first-order chi connectivity index (χ1) is 14.4. The van der Waals surface area contributed by atoms with Crippen LogP contribution < -0.4 is 10.7 Å². The largest absolute Gasteiger partial charge is 0.322 e. The molecular weight excluding hydrogens is 391 g/mol. The van der Waals surface area contributed by atoms with Gasteiger partial charge in [-0.25, -0.2) is 9.82 Å². The molecular formula is C21H15FN4O4. The number of hydrogen-bond donors (Lipinski definition) is 2. The summed E-state index contributed by atoms with van der Waals surface area (Å²) in [7, 11) is 0. The average Bonchev–Trinajstić information content (AvgIpc) is 2.75. The smallest absolute Gasteiger partial charge is 0.271 e. The fourth-order valence-electron chi connectivity index (χ4n) is 2.46. The Morgan fingerprint density at radius 2 is 1.57 bits per heavy atom. The summed E-state index contributed by atoms with van der Waals surface area (Å²) in [6, 6.07) is 17.0. The molecule has 0 heterocycles. The highest BCUT2D eigenvalue weighted by atomic mass is 19.1. The van der Waals surface area contributed by atoms with Crippen LogP contribution in [0.2, 0.25) is 0 Å². The zero-order valence-corrected chi connectivity index (χ0v) is 15.4. The highest BCUT2D eigenvalue weighted by Crippen LogP contribution is 2.13. The molecule has 2 amide bonds. The second-order valence-electron chi connectivity index (χ2n) is 6.09. The molecule has 0 aromatic heterocycles. The number of amides is 2. The summed E-state index contributed by atoms with van der Waals surface area (Å²) in [4.78, 5) is 34.5. The first kappa shape index (κ1) is 20.3. The SMILES string of the molecule is O=C(NN=Cc1cccc([N+](=O)[O-])c1)c1ccc(NC(=O)c2ccc(F)cc2)cc1. The van der Waals surface area contributed by atoms with Gasteiger partial charge in [0.15, 0.2) is 0 Å². The van der Waals surface area contributed by atoms with Crippen LogP contribution in [0.4, 0.5) is 15.8 Å². The van der Waals surface area contributed by atoms with E-state index >= 15 is 0 Å². The van der Waals surface area contributed by atoms with Gasteiger partial charge < -0.3 is 5.32 Å². The van der Waals surface area contributed by atoms with Crippen molar-refractivity contribution in [1.29, 1.82) is 0 Å². The normalized spacial score (nSPS) is 10.6. The molecule has 0 fully saturated rings. The van der Waals surface area contributed by atoms with Crippen molar-refractivity contribution in [2.45, 2.75) is 0 Å². The van der Waals surface area contributed by atoms with Crippen molar-refractivity contribution in [3.8, 4) is 0 Å². The minimum atomic E-state index is -0.521. The van der Waals surface area contributed by atoms with E-state index in [1.807, 2.05) is 0 Å². The van der Waals surface area contributed by atoms with Crippen molar-refractivity contribution < 1.29 is 18.9 Å². The third-order valence-electron chi connectivity index (χ3n) is 3.97. The van der Waals surface area contributed by atoms with E-state index < -0.39 is 22.6 Å². The minimum absolute atomic E-state index is 0.0800. The number of non-ortho nitro benzene ring substituents is 1. The van der Waals surface area contributed by atoms with Gasteiger partial charge in [0.25, 0.3) is 17.5 Å². The molecule has 9 heteroatoms. The molecule has 3 rings (SSSR count). The Morgan fingerprint density at radius 3 is 2.23 bits per heavy atom. The molecule has 0 bridgehead atoms. The number of rotatable bonds is 6. The lowest BCUT2D eigenvalue weighted by molar-refractivity contribution is -0.384. The van der Waals surface area contributed by atoms with E-state index in [-0.39, 0.29) is 5.69 Å². The molecule has 0 unspecified atom stereocenters. The van der Waals surface area contributed by atoms with Crippen LogP contribution in [0.25, 0.3) is 0 Å². The molecule has 0 saturated carbocycles. The molecule has 30 heavy (non-hydrogen) atoms. The fourth-order valence-corrected chi connectivity index (χ4v) is 2.46. The minimum Gasteiger partial charge on any atom is -0.322 e. The number of nitrogens with zero attached hydrogens (tertiary/aromatic N) is 2. The van der Waals surface area contributed by atoms with Crippen molar-refractivity contribution in [2.24, 2.45) is 5.10 Å². The van der Waals surface area contributed by atoms with Crippen LogP contribution in [0.15, 0.2) is 77.9 Å². The van der Waals surface area contributed by atoms with E-state index in [9.17, 15) is 24.1 Å². The van der Waals surface area contributed by atoms with Crippen LogP contribution in [0.3, 0.4) is 0 Å². The Hall–Kier alpha value is -4.40. The molecule has 3 aromatic rings. The topological polar surface area (TPSA) is 114 Å². The number of hydrazone groups is 1. The van der Waals surface area contributed by atoms with Gasteiger partial charge in [0.1, 0.15) is 5.82 Å². The first-order valence-electron chi connectivity index (χ1n) is 8.67. The van der Waals surface area contributed by atoms with Crippen LogP contribution in [0.1, 0.15) is 26.3 Å². The monoisotopic (exact) mass is 406 g/mol. The van der Waals surface area contributed by atoms with E-state index in [1.165, 1.54) is 60.8 Å². The summed E-state index contributed by atoms with van der Waals surface area (Å²) in [6.45, 7) is 0. The molecule has 0 saturated heterocycles. The summed E-state index contributed by atoms with van der Waals surface area (Å²) in [5.41, 5.74) is 3.76. The summed E-state index contributed by atoms with van der Waals surface area (Å²) in [6.07, 6.45) is 1.29. The number of nitro benzene ring substituents is 1. The van der Waals surface area contributed by atoms with E-state index in [0.717, 1.165) is 0 Å². The lowest BCUT2D eigenvalue weighted by Gasteiger charge is -2.06. The van der Waals surface area contributed by atoms with Gasteiger partial charge in [-0.2, -0.15) is 5.10 Å². The molecule has 0 aliphatic carbocycles. The lowest BCUT2D eigenvalue weighted by Crippen LogP contribution is -2.18. The molecule has 150 valence electrons. The Bertz CT molecular complexity index is 1110. The second-order valence-corrected chi connectivity index (χ2v) is 6.09. The Kier molecular flexibility index (Phi) is 6.23. The Labute approximate surface area is 170 Å². The number of nitrogens with one attached hydrogen (secondary N) is 2. The predicted octanol–water partition coefficient (Wildman–Crippen LogP) is 3.75. The molecule has 0 radical (unpaired) electrons. The van der Waals surface area contributed by atoms with Gasteiger partial charge in [-0.15, -0.1) is 0 Å². The predicted molar refractivity (Wildman–Crippen MR) is 109 cm³/mol. The molecule has 3 aromatic carbocycles. The first-order valence-corrected chi connectivity index (χ1v) is 8.67. The van der Waals surface area contributed by atoms with Gasteiger partial charge in [0.05, 0.1) is 11.1 Å². The molecule has 0 aliphatic heterocycles. The Balaban J connectivity index is 1.58. The Morgan fingerprint density at radius 1 is 0.933 bits per heavy atom. The highest BCUT2D eigenvalue weighted by Gasteiger charge is 2.08. The quantitative estimate of drug-likeness (QED) is 0.369. The van der Waals surface area contributed by atoms with Crippen molar-refractivity contribution in [2.75, 3.05) is 5.32 Å². The summed E-state index contributed by atoms with van der Waals surface area (Å²) < 4.78 is 12.9. The fraction of sp³-hybridized carbons (Fsp3) is 0. The number of nitro groups is 1. The van der Waals surface area contributed by atoms with E-state index in [1.54, 1.807) is 18.2 Å². The number of halogens is 1. The van der Waals surface area contributed by atoms with Crippen LogP contribution in [0, 0.1) is 15.9 Å². The van der Waals surface area contributed by atoms with Gasteiger partial charge in [-0.3, -0.25) is 19.7 Å².